The van der Waals surface area contributed by atoms with Crippen molar-refractivity contribution in [1.29, 1.82) is 0 Å². The summed E-state index contributed by atoms with van der Waals surface area (Å²) in [5, 5.41) is 13.5. The molecule has 0 fully saturated rings. The average molecular weight is 324 g/mol. The second kappa shape index (κ2) is 5.96. The van der Waals surface area contributed by atoms with Gasteiger partial charge in [0.2, 0.25) is 0 Å². The molecule has 2 aromatic rings. The predicted molar refractivity (Wildman–Crippen MR) is 83.2 cm³/mol. The quantitative estimate of drug-likeness (QED) is 0.938. The first-order valence-corrected chi connectivity index (χ1v) is 7.20. The van der Waals surface area contributed by atoms with Crippen molar-refractivity contribution in [2.75, 3.05) is 13.1 Å². The number of fused-ring (bicyclic) bond motifs is 1. The zero-order valence-corrected chi connectivity index (χ0v) is 13.5. The number of amides is 1. The number of nitrogens with zero attached hydrogens (tertiary/aromatic N) is 3. The van der Waals surface area contributed by atoms with Crippen LogP contribution in [-0.4, -0.2) is 44.6 Å². The maximum atomic E-state index is 12.7. The van der Waals surface area contributed by atoms with Crippen LogP contribution in [0.3, 0.4) is 0 Å². The van der Waals surface area contributed by atoms with Crippen LogP contribution < -0.4 is 0 Å². The third-order valence-corrected chi connectivity index (χ3v) is 3.31. The minimum absolute atomic E-state index is 0.224. The van der Waals surface area contributed by atoms with Gasteiger partial charge >= 0.3 is 5.97 Å². The first kappa shape index (κ1) is 16.3. The number of carbonyl (C=O) groups excluding carboxylic acids is 1. The molecule has 2 heterocycles. The van der Waals surface area contributed by atoms with E-state index in [9.17, 15) is 9.59 Å². The highest BCUT2D eigenvalue weighted by Crippen LogP contribution is 2.23. The van der Waals surface area contributed by atoms with E-state index >= 15 is 0 Å². The van der Waals surface area contributed by atoms with Crippen LogP contribution in [0.25, 0.3) is 5.52 Å². The molecule has 1 N–H and O–H groups in total. The molecule has 0 radical (unpaired) electrons. The summed E-state index contributed by atoms with van der Waals surface area (Å²) >= 11 is 6.14. The van der Waals surface area contributed by atoms with Crippen LogP contribution in [0.5, 0.6) is 0 Å². The van der Waals surface area contributed by atoms with Gasteiger partial charge in [0.15, 0.2) is 0 Å². The molecule has 0 aliphatic rings. The number of aliphatic carboxylic acids is 1. The molecular weight excluding hydrogens is 306 g/mol. The van der Waals surface area contributed by atoms with Crippen LogP contribution in [-0.2, 0) is 4.79 Å². The number of carboxylic acid groups (broad SMARTS) is 1. The highest BCUT2D eigenvalue weighted by Gasteiger charge is 2.26. The van der Waals surface area contributed by atoms with E-state index in [1.807, 2.05) is 20.8 Å². The minimum Gasteiger partial charge on any atom is -0.480 e. The summed E-state index contributed by atoms with van der Waals surface area (Å²) in [6.07, 6.45) is 3.10. The van der Waals surface area contributed by atoms with E-state index in [0.29, 0.717) is 22.6 Å². The van der Waals surface area contributed by atoms with Gasteiger partial charge in [0, 0.05) is 12.7 Å². The second-order valence-corrected chi connectivity index (χ2v) is 6.73. The van der Waals surface area contributed by atoms with E-state index in [0.717, 1.165) is 0 Å². The van der Waals surface area contributed by atoms with Crippen LogP contribution >= 0.6 is 11.6 Å². The fourth-order valence-electron chi connectivity index (χ4n) is 2.26. The molecule has 2 aromatic heterocycles. The molecule has 0 saturated heterocycles. The molecular formula is C15H18ClN3O3. The normalized spacial score (nSPS) is 11.6. The number of aromatic nitrogens is 2. The molecule has 22 heavy (non-hydrogen) atoms. The lowest BCUT2D eigenvalue weighted by atomic mass is 9.95. The Balaban J connectivity index is 2.42. The lowest BCUT2D eigenvalue weighted by Gasteiger charge is -2.28. The number of hydrogen-bond donors (Lipinski definition) is 1. The van der Waals surface area contributed by atoms with Crippen LogP contribution in [0.2, 0.25) is 5.02 Å². The first-order chi connectivity index (χ1) is 10.2. The Morgan fingerprint density at radius 2 is 2.09 bits per heavy atom. The van der Waals surface area contributed by atoms with E-state index in [4.69, 9.17) is 16.7 Å². The topological polar surface area (TPSA) is 74.9 Å². The fourth-order valence-corrected chi connectivity index (χ4v) is 2.52. The number of hydrogen-bond acceptors (Lipinski definition) is 3. The van der Waals surface area contributed by atoms with Gasteiger partial charge in [-0.2, -0.15) is 5.10 Å². The molecule has 0 unspecified atom stereocenters. The monoisotopic (exact) mass is 323 g/mol. The fraction of sp³-hybridized carbons (Fsp3) is 0.400. The summed E-state index contributed by atoms with van der Waals surface area (Å²) in [5.41, 5.74) is 0.562. The Kier molecular flexibility index (Phi) is 4.42. The van der Waals surface area contributed by atoms with E-state index in [1.165, 1.54) is 15.6 Å². The largest absolute Gasteiger partial charge is 0.480 e. The summed E-state index contributed by atoms with van der Waals surface area (Å²) in [5.74, 6) is -1.44. The average Bonchev–Trinajstić information content (AvgIpc) is 2.80. The third kappa shape index (κ3) is 3.57. The van der Waals surface area contributed by atoms with Crippen molar-refractivity contribution in [3.8, 4) is 0 Å². The predicted octanol–water partition coefficient (Wildman–Crippen LogP) is 2.56. The Hall–Kier alpha value is -2.08. The molecule has 0 atom stereocenters. The molecule has 0 saturated carbocycles. The zero-order valence-electron chi connectivity index (χ0n) is 12.7. The Morgan fingerprint density at radius 1 is 1.41 bits per heavy atom. The Bertz CT molecular complexity index is 718. The van der Waals surface area contributed by atoms with Gasteiger partial charge in [-0.05, 0) is 17.5 Å². The number of pyridine rings is 1. The van der Waals surface area contributed by atoms with Crippen molar-refractivity contribution in [3.63, 3.8) is 0 Å². The Labute approximate surface area is 133 Å². The summed E-state index contributed by atoms with van der Waals surface area (Å²) in [6.45, 7) is 5.78. The number of halogens is 1. The van der Waals surface area contributed by atoms with E-state index < -0.39 is 5.97 Å². The van der Waals surface area contributed by atoms with Gasteiger partial charge in [-0.25, -0.2) is 4.52 Å². The molecule has 6 nitrogen and oxygen atoms in total. The van der Waals surface area contributed by atoms with E-state index in [2.05, 4.69) is 5.10 Å². The number of carbonyl (C=O) groups is 2. The summed E-state index contributed by atoms with van der Waals surface area (Å²) < 4.78 is 1.51. The molecule has 0 aliphatic heterocycles. The number of rotatable bonds is 4. The van der Waals surface area contributed by atoms with Gasteiger partial charge in [0.25, 0.3) is 5.91 Å². The van der Waals surface area contributed by atoms with E-state index in [-0.39, 0.29) is 17.9 Å². The molecule has 1 amide bonds. The maximum absolute atomic E-state index is 12.7. The third-order valence-electron chi connectivity index (χ3n) is 3.00. The van der Waals surface area contributed by atoms with Gasteiger partial charge < -0.3 is 10.0 Å². The zero-order chi connectivity index (χ0) is 16.5. The number of carboxylic acids is 1. The maximum Gasteiger partial charge on any atom is 0.323 e. The van der Waals surface area contributed by atoms with Crippen LogP contribution in [0, 0.1) is 5.41 Å². The SMILES string of the molecule is CC(C)(C)CN(CC(=O)O)C(=O)c1cnn2cccc(Cl)c12. The minimum atomic E-state index is -1.06. The van der Waals surface area contributed by atoms with Crippen molar-refractivity contribution in [2.24, 2.45) is 5.41 Å². The van der Waals surface area contributed by atoms with E-state index in [1.54, 1.807) is 18.3 Å². The second-order valence-electron chi connectivity index (χ2n) is 6.32. The van der Waals surface area contributed by atoms with Crippen molar-refractivity contribution in [2.45, 2.75) is 20.8 Å². The highest BCUT2D eigenvalue weighted by atomic mass is 35.5. The van der Waals surface area contributed by atoms with Gasteiger partial charge in [-0.3, -0.25) is 9.59 Å². The molecule has 0 bridgehead atoms. The lowest BCUT2D eigenvalue weighted by molar-refractivity contribution is -0.138. The molecule has 0 spiro atoms. The molecule has 2 rings (SSSR count). The van der Waals surface area contributed by atoms with Crippen LogP contribution in [0.15, 0.2) is 24.5 Å². The first-order valence-electron chi connectivity index (χ1n) is 6.82. The smallest absolute Gasteiger partial charge is 0.323 e. The standard InChI is InChI=1S/C15H18ClN3O3/c1-15(2,3)9-18(8-12(20)21)14(22)10-7-17-19-6-4-5-11(16)13(10)19/h4-7H,8-9H2,1-3H3,(H,20,21). The summed E-state index contributed by atoms with van der Waals surface area (Å²) in [6, 6.07) is 3.39. The summed E-state index contributed by atoms with van der Waals surface area (Å²) in [4.78, 5) is 25.1. The van der Waals surface area contributed by atoms with Crippen LogP contribution in [0.1, 0.15) is 31.1 Å². The molecule has 7 heteroatoms. The van der Waals surface area contributed by atoms with Gasteiger partial charge in [-0.1, -0.05) is 32.4 Å². The Morgan fingerprint density at radius 3 is 2.68 bits per heavy atom. The van der Waals surface area contributed by atoms with Crippen molar-refractivity contribution in [1.82, 2.24) is 14.5 Å². The van der Waals surface area contributed by atoms with Gasteiger partial charge in [-0.15, -0.1) is 0 Å². The molecule has 0 aromatic carbocycles. The summed E-state index contributed by atoms with van der Waals surface area (Å²) in [7, 11) is 0. The highest BCUT2D eigenvalue weighted by molar-refractivity contribution is 6.34. The molecule has 0 aliphatic carbocycles. The van der Waals surface area contributed by atoms with Gasteiger partial charge in [0.1, 0.15) is 6.54 Å². The van der Waals surface area contributed by atoms with Crippen LogP contribution in [0.4, 0.5) is 0 Å². The lowest BCUT2D eigenvalue weighted by Crippen LogP contribution is -2.41. The van der Waals surface area contributed by atoms with Gasteiger partial charge in [0.05, 0.1) is 22.3 Å². The molecule has 118 valence electrons. The van der Waals surface area contributed by atoms with Crippen molar-refractivity contribution in [3.05, 3.63) is 35.1 Å². The van der Waals surface area contributed by atoms with Crippen molar-refractivity contribution < 1.29 is 14.7 Å². The van der Waals surface area contributed by atoms with Crippen molar-refractivity contribution >= 4 is 29.0 Å².